The van der Waals surface area contributed by atoms with Crippen LogP contribution in [-0.4, -0.2) is 39.2 Å². The molecule has 0 aliphatic carbocycles. The lowest BCUT2D eigenvalue weighted by molar-refractivity contribution is 0.410. The third-order valence-corrected chi connectivity index (χ3v) is 4.94. The molecule has 0 amide bonds. The molecule has 0 saturated heterocycles. The molecule has 0 fully saturated rings. The third kappa shape index (κ3) is 9.16. The zero-order valence-electron chi connectivity index (χ0n) is 19.1. The molecule has 2 rings (SSSR count). The summed E-state index contributed by atoms with van der Waals surface area (Å²) < 4.78 is 10.6. The summed E-state index contributed by atoms with van der Waals surface area (Å²) in [4.78, 5) is 8.76. The molecular weight excluding hydrogens is 404 g/mol. The molecule has 0 unspecified atom stereocenters. The lowest BCUT2D eigenvalue weighted by atomic mass is 10.2. The highest BCUT2D eigenvalue weighted by Gasteiger charge is 2.02. The summed E-state index contributed by atoms with van der Waals surface area (Å²) in [6.07, 6.45) is 4.27. The van der Waals surface area contributed by atoms with Crippen molar-refractivity contribution in [2.24, 2.45) is 21.5 Å². The van der Waals surface area contributed by atoms with Crippen LogP contribution in [0.1, 0.15) is 36.8 Å². The van der Waals surface area contributed by atoms with E-state index in [1.165, 1.54) is 0 Å². The number of para-hydroxylation sites is 2. The Morgan fingerprint density at radius 1 is 0.688 bits per heavy atom. The van der Waals surface area contributed by atoms with E-state index < -0.39 is 0 Å². The van der Waals surface area contributed by atoms with Crippen LogP contribution < -0.4 is 31.6 Å². The molecule has 0 heterocycles. The van der Waals surface area contributed by atoms with Gasteiger partial charge in [0, 0.05) is 24.2 Å². The molecule has 174 valence electrons. The molecule has 0 spiro atoms. The van der Waals surface area contributed by atoms with Crippen molar-refractivity contribution in [3.8, 4) is 11.5 Å². The average Bonchev–Trinajstić information content (AvgIpc) is 2.83. The van der Waals surface area contributed by atoms with Gasteiger partial charge < -0.3 is 31.6 Å². The monoisotopic (exact) mass is 440 g/mol. The van der Waals surface area contributed by atoms with E-state index in [0.29, 0.717) is 25.0 Å². The van der Waals surface area contributed by atoms with Crippen molar-refractivity contribution in [2.45, 2.75) is 38.8 Å². The minimum absolute atomic E-state index is 0.455. The van der Waals surface area contributed by atoms with Gasteiger partial charge in [0.25, 0.3) is 0 Å². The molecule has 0 aromatic heterocycles. The maximum absolute atomic E-state index is 5.95. The van der Waals surface area contributed by atoms with Crippen molar-refractivity contribution in [1.29, 1.82) is 0 Å². The van der Waals surface area contributed by atoms with Crippen LogP contribution in [0.2, 0.25) is 0 Å². The first kappa shape index (κ1) is 24.8. The molecule has 8 nitrogen and oxygen atoms in total. The maximum atomic E-state index is 5.95. The highest BCUT2D eigenvalue weighted by molar-refractivity contribution is 5.78. The second-order valence-corrected chi connectivity index (χ2v) is 7.29. The molecule has 2 aromatic carbocycles. The Hall–Kier alpha value is -3.42. The summed E-state index contributed by atoms with van der Waals surface area (Å²) in [6.45, 7) is 2.59. The van der Waals surface area contributed by atoms with E-state index in [9.17, 15) is 0 Å². The normalized spacial score (nSPS) is 11.8. The van der Waals surface area contributed by atoms with E-state index in [2.05, 4.69) is 20.6 Å². The number of nitrogens with two attached hydrogens (primary N) is 2. The fourth-order valence-electron chi connectivity index (χ4n) is 3.16. The summed E-state index contributed by atoms with van der Waals surface area (Å²) in [6, 6.07) is 15.6. The Morgan fingerprint density at radius 2 is 1.09 bits per heavy atom. The molecule has 0 aliphatic rings. The van der Waals surface area contributed by atoms with E-state index in [1.54, 1.807) is 14.2 Å². The smallest absolute Gasteiger partial charge is 0.188 e. The first-order valence-electron chi connectivity index (χ1n) is 11.0. The number of methoxy groups -OCH3 is 2. The van der Waals surface area contributed by atoms with Gasteiger partial charge in [0.15, 0.2) is 11.9 Å². The molecule has 6 N–H and O–H groups in total. The summed E-state index contributed by atoms with van der Waals surface area (Å²) in [5.74, 6) is 2.56. The molecule has 0 bridgehead atoms. The number of rotatable bonds is 13. The zero-order valence-corrected chi connectivity index (χ0v) is 19.1. The number of nitrogens with one attached hydrogen (secondary N) is 2. The molecule has 0 aliphatic heterocycles. The minimum Gasteiger partial charge on any atom is -0.496 e. The van der Waals surface area contributed by atoms with Crippen LogP contribution in [0.4, 0.5) is 0 Å². The minimum atomic E-state index is 0.455. The van der Waals surface area contributed by atoms with Gasteiger partial charge in [-0.05, 0) is 25.0 Å². The average molecular weight is 441 g/mol. The van der Waals surface area contributed by atoms with Crippen molar-refractivity contribution >= 4 is 11.9 Å². The van der Waals surface area contributed by atoms with E-state index in [4.69, 9.17) is 20.9 Å². The zero-order chi connectivity index (χ0) is 23.0. The molecule has 0 atom stereocenters. The third-order valence-electron chi connectivity index (χ3n) is 4.94. The Bertz CT molecular complexity index is 798. The van der Waals surface area contributed by atoms with Gasteiger partial charge in [-0.2, -0.15) is 0 Å². The van der Waals surface area contributed by atoms with Gasteiger partial charge in [-0.25, -0.2) is 9.98 Å². The number of hydrogen-bond donors (Lipinski definition) is 4. The maximum Gasteiger partial charge on any atom is 0.188 e. The number of ether oxygens (including phenoxy) is 2. The van der Waals surface area contributed by atoms with Gasteiger partial charge in [-0.3, -0.25) is 0 Å². The summed E-state index contributed by atoms with van der Waals surface area (Å²) >= 11 is 0. The highest BCUT2D eigenvalue weighted by Crippen LogP contribution is 2.18. The van der Waals surface area contributed by atoms with Gasteiger partial charge in [-0.15, -0.1) is 0 Å². The largest absolute Gasteiger partial charge is 0.496 e. The second kappa shape index (κ2) is 14.6. The van der Waals surface area contributed by atoms with Crippen molar-refractivity contribution < 1.29 is 9.47 Å². The van der Waals surface area contributed by atoms with Crippen LogP contribution in [0.15, 0.2) is 58.5 Å². The predicted octanol–water partition coefficient (Wildman–Crippen LogP) is 2.77. The number of benzene rings is 2. The molecule has 2 aromatic rings. The summed E-state index contributed by atoms with van der Waals surface area (Å²) in [5.41, 5.74) is 13.9. The molecular formula is C24H36N6O2. The van der Waals surface area contributed by atoms with Crippen LogP contribution in [0.3, 0.4) is 0 Å². The summed E-state index contributed by atoms with van der Waals surface area (Å²) in [7, 11) is 3.31. The van der Waals surface area contributed by atoms with Crippen molar-refractivity contribution in [1.82, 2.24) is 10.6 Å². The van der Waals surface area contributed by atoms with Crippen LogP contribution in [0.5, 0.6) is 11.5 Å². The molecule has 0 radical (unpaired) electrons. The first-order chi connectivity index (χ1) is 15.6. The van der Waals surface area contributed by atoms with Crippen molar-refractivity contribution in [3.05, 3.63) is 59.7 Å². The molecule has 32 heavy (non-hydrogen) atoms. The standard InChI is InChI=1S/C24H36N6O2/c1-31-21-13-7-5-11-19(21)17-29-23(25)27-15-9-3-4-10-16-28-24(26)30-18-20-12-6-8-14-22(20)32-2/h5-8,11-14H,3-4,9-10,15-18H2,1-2H3,(H3,25,27,29)(H3,26,28,30). The number of aliphatic imine (C=N–C) groups is 2. The fraction of sp³-hybridized carbons (Fsp3) is 0.417. The van der Waals surface area contributed by atoms with Gasteiger partial charge in [0.2, 0.25) is 0 Å². The van der Waals surface area contributed by atoms with E-state index in [-0.39, 0.29) is 0 Å². The van der Waals surface area contributed by atoms with Gasteiger partial charge in [0.05, 0.1) is 27.3 Å². The number of guanidine groups is 2. The van der Waals surface area contributed by atoms with Crippen LogP contribution in [0.25, 0.3) is 0 Å². The van der Waals surface area contributed by atoms with Gasteiger partial charge >= 0.3 is 0 Å². The van der Waals surface area contributed by atoms with Crippen molar-refractivity contribution in [2.75, 3.05) is 27.3 Å². The molecule has 8 heteroatoms. The fourth-order valence-corrected chi connectivity index (χ4v) is 3.16. The predicted molar refractivity (Wildman–Crippen MR) is 131 cm³/mol. The van der Waals surface area contributed by atoms with Crippen LogP contribution >= 0.6 is 0 Å². The Balaban J connectivity index is 1.53. The summed E-state index contributed by atoms with van der Waals surface area (Å²) in [5, 5.41) is 6.33. The second-order valence-electron chi connectivity index (χ2n) is 7.29. The topological polar surface area (TPSA) is 119 Å². The Labute approximate surface area is 191 Å². The lowest BCUT2D eigenvalue weighted by Crippen LogP contribution is -2.33. The number of hydrogen-bond acceptors (Lipinski definition) is 4. The molecule has 0 saturated carbocycles. The Kier molecular flexibility index (Phi) is 11.3. The van der Waals surface area contributed by atoms with E-state index in [0.717, 1.165) is 61.4 Å². The van der Waals surface area contributed by atoms with Crippen LogP contribution in [0, 0.1) is 0 Å². The SMILES string of the molecule is COc1ccccc1CN=C(N)NCCCCCCNC(N)=NCc1ccccc1OC. The Morgan fingerprint density at radius 3 is 1.50 bits per heavy atom. The number of unbranched alkanes of at least 4 members (excludes halogenated alkanes) is 3. The van der Waals surface area contributed by atoms with Crippen molar-refractivity contribution in [3.63, 3.8) is 0 Å². The quantitative estimate of drug-likeness (QED) is 0.216. The first-order valence-corrected chi connectivity index (χ1v) is 11.0. The van der Waals surface area contributed by atoms with Gasteiger partial charge in [0.1, 0.15) is 11.5 Å². The van der Waals surface area contributed by atoms with E-state index >= 15 is 0 Å². The van der Waals surface area contributed by atoms with Crippen LogP contribution in [-0.2, 0) is 13.1 Å². The highest BCUT2D eigenvalue weighted by atomic mass is 16.5. The van der Waals surface area contributed by atoms with E-state index in [1.807, 2.05) is 48.5 Å². The number of nitrogens with zero attached hydrogens (tertiary/aromatic N) is 2. The van der Waals surface area contributed by atoms with Gasteiger partial charge in [-0.1, -0.05) is 49.2 Å². The lowest BCUT2D eigenvalue weighted by Gasteiger charge is -2.09.